The van der Waals surface area contributed by atoms with Gasteiger partial charge in [-0.05, 0) is 43.5 Å². The third-order valence-electron chi connectivity index (χ3n) is 4.39. The van der Waals surface area contributed by atoms with E-state index in [0.717, 1.165) is 23.5 Å². The van der Waals surface area contributed by atoms with Crippen molar-refractivity contribution in [2.75, 3.05) is 18.4 Å². The summed E-state index contributed by atoms with van der Waals surface area (Å²) in [7, 11) is 0. The quantitative estimate of drug-likeness (QED) is 0.823. The normalized spacial score (nSPS) is 11.8. The van der Waals surface area contributed by atoms with Gasteiger partial charge in [-0.3, -0.25) is 4.79 Å². The molecule has 0 bridgehead atoms. The molecule has 1 heterocycles. The fraction of sp³-hybridized carbons (Fsp3) is 0.524. The molecule has 5 nitrogen and oxygen atoms in total. The second-order valence-corrected chi connectivity index (χ2v) is 8.37. The Morgan fingerprint density at radius 2 is 1.92 bits per heavy atom. The Labute approximate surface area is 157 Å². The number of amides is 1. The monoisotopic (exact) mass is 356 g/mol. The highest BCUT2D eigenvalue weighted by Gasteiger charge is 2.22. The summed E-state index contributed by atoms with van der Waals surface area (Å²) in [5, 5.41) is 11.0. The average molecular weight is 357 g/mol. The molecule has 0 fully saturated rings. The lowest BCUT2D eigenvalue weighted by Crippen LogP contribution is -2.31. The van der Waals surface area contributed by atoms with Crippen molar-refractivity contribution in [3.05, 3.63) is 41.1 Å². The molecular formula is C21H32N4O. The molecule has 0 aliphatic carbocycles. The highest BCUT2D eigenvalue weighted by Crippen LogP contribution is 2.28. The molecule has 0 saturated carbocycles. The molecule has 1 aromatic heterocycles. The Hall–Kier alpha value is -2.14. The van der Waals surface area contributed by atoms with Crippen molar-refractivity contribution in [3.8, 4) is 5.69 Å². The van der Waals surface area contributed by atoms with Crippen molar-refractivity contribution in [3.63, 3.8) is 0 Å². The van der Waals surface area contributed by atoms with Crippen LogP contribution in [0.2, 0.25) is 0 Å². The largest absolute Gasteiger partial charge is 0.309 e. The lowest BCUT2D eigenvalue weighted by molar-refractivity contribution is -0.115. The van der Waals surface area contributed by atoms with Gasteiger partial charge in [-0.2, -0.15) is 5.10 Å². The molecule has 2 aromatic rings. The topological polar surface area (TPSA) is 59.0 Å². The lowest BCUT2D eigenvalue weighted by Gasteiger charge is -2.15. The molecular weight excluding hydrogens is 324 g/mol. The zero-order chi connectivity index (χ0) is 19.5. The minimum absolute atomic E-state index is 0.0578. The van der Waals surface area contributed by atoms with Crippen LogP contribution in [0.5, 0.6) is 0 Å². The summed E-state index contributed by atoms with van der Waals surface area (Å²) in [4.78, 5) is 12.4. The van der Waals surface area contributed by atoms with Crippen LogP contribution in [-0.4, -0.2) is 28.8 Å². The van der Waals surface area contributed by atoms with E-state index in [2.05, 4.69) is 65.2 Å². The van der Waals surface area contributed by atoms with Crippen molar-refractivity contribution in [1.29, 1.82) is 0 Å². The third kappa shape index (κ3) is 4.94. The highest BCUT2D eigenvalue weighted by molar-refractivity contribution is 5.91. The molecule has 0 saturated heterocycles. The summed E-state index contributed by atoms with van der Waals surface area (Å²) in [6.07, 6.45) is 0. The number of rotatable bonds is 6. The van der Waals surface area contributed by atoms with Gasteiger partial charge in [-0.15, -0.1) is 0 Å². The van der Waals surface area contributed by atoms with E-state index in [9.17, 15) is 4.79 Å². The van der Waals surface area contributed by atoms with Gasteiger partial charge in [0.1, 0.15) is 5.82 Å². The van der Waals surface area contributed by atoms with Crippen LogP contribution >= 0.6 is 0 Å². The molecule has 0 aliphatic heterocycles. The van der Waals surface area contributed by atoms with Crippen LogP contribution in [0, 0.1) is 19.8 Å². The van der Waals surface area contributed by atoms with Gasteiger partial charge >= 0.3 is 0 Å². The molecule has 142 valence electrons. The van der Waals surface area contributed by atoms with Crippen molar-refractivity contribution >= 4 is 11.7 Å². The first-order valence-corrected chi connectivity index (χ1v) is 9.27. The van der Waals surface area contributed by atoms with E-state index in [1.165, 1.54) is 5.56 Å². The number of carbonyl (C=O) groups excluding carboxylic acids is 1. The van der Waals surface area contributed by atoms with E-state index < -0.39 is 0 Å². The van der Waals surface area contributed by atoms with Gasteiger partial charge in [-0.25, -0.2) is 4.68 Å². The first kappa shape index (κ1) is 20.2. The molecule has 1 aromatic carbocycles. The number of aryl methyl sites for hydroxylation is 1. The predicted molar refractivity (Wildman–Crippen MR) is 108 cm³/mol. The minimum Gasteiger partial charge on any atom is -0.309 e. The molecule has 0 aliphatic rings. The Morgan fingerprint density at radius 3 is 2.54 bits per heavy atom. The van der Waals surface area contributed by atoms with Crippen LogP contribution in [0.25, 0.3) is 5.69 Å². The first-order chi connectivity index (χ1) is 12.1. The van der Waals surface area contributed by atoms with Crippen LogP contribution in [0.3, 0.4) is 0 Å². The van der Waals surface area contributed by atoms with Gasteiger partial charge in [0, 0.05) is 11.5 Å². The standard InChI is InChI=1S/C21H32N4O/c1-14(2)12-22-13-20(26)23-19-11-18(21(5,6)7)24-25(19)17-10-8-9-15(3)16(17)4/h8-11,14,22H,12-13H2,1-7H3,(H,23,26). The number of hydrogen-bond acceptors (Lipinski definition) is 3. The van der Waals surface area contributed by atoms with Crippen molar-refractivity contribution in [2.24, 2.45) is 5.92 Å². The smallest absolute Gasteiger partial charge is 0.239 e. The summed E-state index contributed by atoms with van der Waals surface area (Å²) in [6.45, 7) is 15.9. The Bertz CT molecular complexity index is 769. The Morgan fingerprint density at radius 1 is 1.23 bits per heavy atom. The SMILES string of the molecule is Cc1cccc(-n2nc(C(C)(C)C)cc2NC(=O)CNCC(C)C)c1C. The van der Waals surface area contributed by atoms with Gasteiger partial charge in [0.15, 0.2) is 0 Å². The van der Waals surface area contributed by atoms with Gasteiger partial charge in [0.2, 0.25) is 5.91 Å². The van der Waals surface area contributed by atoms with Crippen LogP contribution in [0.1, 0.15) is 51.4 Å². The first-order valence-electron chi connectivity index (χ1n) is 9.27. The number of carbonyl (C=O) groups is 1. The Balaban J connectivity index is 2.34. The average Bonchev–Trinajstić information content (AvgIpc) is 2.93. The van der Waals surface area contributed by atoms with E-state index in [1.807, 2.05) is 22.9 Å². The zero-order valence-electron chi connectivity index (χ0n) is 17.1. The highest BCUT2D eigenvalue weighted by atomic mass is 16.2. The number of hydrogen-bond donors (Lipinski definition) is 2. The molecule has 1 amide bonds. The van der Waals surface area contributed by atoms with Crippen LogP contribution in [0.4, 0.5) is 5.82 Å². The molecule has 5 heteroatoms. The van der Waals surface area contributed by atoms with Crippen LogP contribution in [-0.2, 0) is 10.2 Å². The van der Waals surface area contributed by atoms with Crippen molar-refractivity contribution in [2.45, 2.75) is 53.9 Å². The lowest BCUT2D eigenvalue weighted by atomic mass is 9.92. The fourth-order valence-electron chi connectivity index (χ4n) is 2.65. The molecule has 0 radical (unpaired) electrons. The van der Waals surface area contributed by atoms with Crippen molar-refractivity contribution < 1.29 is 4.79 Å². The van der Waals surface area contributed by atoms with E-state index in [-0.39, 0.29) is 11.3 Å². The third-order valence-corrected chi connectivity index (χ3v) is 4.39. The summed E-state index contributed by atoms with van der Waals surface area (Å²) >= 11 is 0. The number of nitrogens with one attached hydrogen (secondary N) is 2. The summed E-state index contributed by atoms with van der Waals surface area (Å²) in [5.41, 5.74) is 4.20. The van der Waals surface area contributed by atoms with E-state index in [0.29, 0.717) is 18.3 Å². The summed E-state index contributed by atoms with van der Waals surface area (Å²) in [6, 6.07) is 8.11. The second-order valence-electron chi connectivity index (χ2n) is 8.37. The minimum atomic E-state index is -0.0989. The molecule has 2 rings (SSSR count). The van der Waals surface area contributed by atoms with Gasteiger partial charge in [0.25, 0.3) is 0 Å². The molecule has 0 unspecified atom stereocenters. The van der Waals surface area contributed by atoms with Crippen LogP contribution in [0.15, 0.2) is 24.3 Å². The van der Waals surface area contributed by atoms with Crippen LogP contribution < -0.4 is 10.6 Å². The number of aromatic nitrogens is 2. The molecule has 0 spiro atoms. The number of nitrogens with zero attached hydrogens (tertiary/aromatic N) is 2. The van der Waals surface area contributed by atoms with Crippen molar-refractivity contribution in [1.82, 2.24) is 15.1 Å². The maximum Gasteiger partial charge on any atom is 0.239 e. The summed E-state index contributed by atoms with van der Waals surface area (Å²) < 4.78 is 1.85. The zero-order valence-corrected chi connectivity index (χ0v) is 17.1. The predicted octanol–water partition coefficient (Wildman–Crippen LogP) is 3.97. The maximum absolute atomic E-state index is 12.4. The number of anilines is 1. The number of benzene rings is 1. The van der Waals surface area contributed by atoms with Gasteiger partial charge in [-0.1, -0.05) is 46.8 Å². The van der Waals surface area contributed by atoms with Gasteiger partial charge in [0.05, 0.1) is 17.9 Å². The van der Waals surface area contributed by atoms with E-state index in [1.54, 1.807) is 0 Å². The van der Waals surface area contributed by atoms with E-state index in [4.69, 9.17) is 5.10 Å². The maximum atomic E-state index is 12.4. The Kier molecular flexibility index (Phi) is 6.24. The van der Waals surface area contributed by atoms with E-state index >= 15 is 0 Å². The second kappa shape index (κ2) is 8.04. The van der Waals surface area contributed by atoms with Gasteiger partial charge < -0.3 is 10.6 Å². The fourth-order valence-corrected chi connectivity index (χ4v) is 2.65. The summed E-state index contributed by atoms with van der Waals surface area (Å²) in [5.74, 6) is 1.16. The molecule has 26 heavy (non-hydrogen) atoms. The molecule has 0 atom stereocenters. The molecule has 2 N–H and O–H groups in total.